The lowest BCUT2D eigenvalue weighted by Crippen LogP contribution is -1.86. The summed E-state index contributed by atoms with van der Waals surface area (Å²) in [6.07, 6.45) is 0. The van der Waals surface area contributed by atoms with E-state index in [4.69, 9.17) is 23.2 Å². The van der Waals surface area contributed by atoms with Gasteiger partial charge in [0.2, 0.25) is 0 Å². The van der Waals surface area contributed by atoms with Gasteiger partial charge in [-0.25, -0.2) is 14.4 Å². The van der Waals surface area contributed by atoms with Crippen molar-refractivity contribution in [3.8, 4) is 11.4 Å². The van der Waals surface area contributed by atoms with Crippen LogP contribution in [0.5, 0.6) is 0 Å². The van der Waals surface area contributed by atoms with E-state index in [1.807, 2.05) is 0 Å². The maximum atomic E-state index is 13.8. The summed E-state index contributed by atoms with van der Waals surface area (Å²) in [6.45, 7) is 0. The number of aromatic amines is 1. The fourth-order valence-corrected chi connectivity index (χ4v) is 2.35. The lowest BCUT2D eigenvalue weighted by Gasteiger charge is -1.99. The molecule has 3 aromatic rings. The van der Waals surface area contributed by atoms with Gasteiger partial charge in [-0.1, -0.05) is 39.1 Å². The Morgan fingerprint density at radius 2 is 1.95 bits per heavy atom. The molecule has 2 aromatic heterocycles. The number of aromatic nitrogens is 3. The number of imidazole rings is 1. The molecular formula is C12H5BrCl2FN3. The molecule has 0 saturated carbocycles. The number of nitrogens with one attached hydrogen (secondary N) is 1. The first-order chi connectivity index (χ1) is 9.04. The minimum absolute atomic E-state index is 0.168. The Bertz CT molecular complexity index is 749. The van der Waals surface area contributed by atoms with Gasteiger partial charge >= 0.3 is 0 Å². The molecule has 0 spiro atoms. The molecule has 0 aliphatic heterocycles. The Hall–Kier alpha value is -1.17. The maximum absolute atomic E-state index is 13.8. The summed E-state index contributed by atoms with van der Waals surface area (Å²) in [5, 5.41) is 0.487. The minimum Gasteiger partial charge on any atom is -0.336 e. The Balaban J connectivity index is 2.23. The highest BCUT2D eigenvalue weighted by molar-refractivity contribution is 9.10. The van der Waals surface area contributed by atoms with E-state index >= 15 is 0 Å². The van der Waals surface area contributed by atoms with E-state index in [1.54, 1.807) is 18.2 Å². The predicted octanol–water partition coefficient (Wildman–Crippen LogP) is 4.83. The number of hydrogen-bond donors (Lipinski definition) is 1. The Labute approximate surface area is 125 Å². The lowest BCUT2D eigenvalue weighted by atomic mass is 10.2. The topological polar surface area (TPSA) is 41.6 Å². The van der Waals surface area contributed by atoms with Crippen LogP contribution in [-0.2, 0) is 0 Å². The summed E-state index contributed by atoms with van der Waals surface area (Å²) < 4.78 is 14.5. The molecule has 1 N–H and O–H groups in total. The van der Waals surface area contributed by atoms with Crippen molar-refractivity contribution in [1.29, 1.82) is 0 Å². The van der Waals surface area contributed by atoms with Crippen molar-refractivity contribution in [2.24, 2.45) is 0 Å². The van der Waals surface area contributed by atoms with Gasteiger partial charge in [0.1, 0.15) is 16.8 Å². The molecule has 0 unspecified atom stereocenters. The Morgan fingerprint density at radius 1 is 1.16 bits per heavy atom. The van der Waals surface area contributed by atoms with E-state index < -0.39 is 0 Å². The largest absolute Gasteiger partial charge is 0.336 e. The van der Waals surface area contributed by atoms with Gasteiger partial charge < -0.3 is 4.98 Å². The van der Waals surface area contributed by atoms with E-state index in [2.05, 4.69) is 30.9 Å². The second-order valence-corrected chi connectivity index (χ2v) is 5.52. The van der Waals surface area contributed by atoms with Crippen LogP contribution in [0, 0.1) is 5.82 Å². The highest BCUT2D eigenvalue weighted by Gasteiger charge is 2.13. The monoisotopic (exact) mass is 359 g/mol. The average molecular weight is 361 g/mol. The van der Waals surface area contributed by atoms with Crippen molar-refractivity contribution in [3.63, 3.8) is 0 Å². The van der Waals surface area contributed by atoms with Gasteiger partial charge in [0.05, 0.1) is 16.1 Å². The number of H-pyrrole nitrogens is 1. The van der Waals surface area contributed by atoms with Crippen LogP contribution in [0.3, 0.4) is 0 Å². The molecule has 3 nitrogen and oxygen atoms in total. The van der Waals surface area contributed by atoms with Crippen LogP contribution in [0.25, 0.3) is 22.6 Å². The molecule has 19 heavy (non-hydrogen) atoms. The van der Waals surface area contributed by atoms with E-state index in [9.17, 15) is 4.39 Å². The summed E-state index contributed by atoms with van der Waals surface area (Å²) in [5.41, 5.74) is 1.34. The van der Waals surface area contributed by atoms with Gasteiger partial charge in [-0.2, -0.15) is 0 Å². The van der Waals surface area contributed by atoms with Crippen LogP contribution in [-0.4, -0.2) is 15.0 Å². The molecule has 0 atom stereocenters. The van der Waals surface area contributed by atoms with Crippen molar-refractivity contribution in [3.05, 3.63) is 44.7 Å². The quantitative estimate of drug-likeness (QED) is 0.631. The Kier molecular flexibility index (Phi) is 3.20. The molecular weight excluding hydrogens is 356 g/mol. The standard InChI is InChI=1S/C12H5BrCl2FN3/c13-5-1-2-8(16)6(3-5)11-17-9-4-7(14)10(15)18-12(9)19-11/h1-4H,(H,17,18,19). The fourth-order valence-electron chi connectivity index (χ4n) is 1.70. The van der Waals surface area contributed by atoms with E-state index in [1.165, 1.54) is 6.07 Å². The minimum atomic E-state index is -0.376. The van der Waals surface area contributed by atoms with Gasteiger partial charge in [-0.15, -0.1) is 0 Å². The molecule has 7 heteroatoms. The molecule has 0 aliphatic carbocycles. The summed E-state index contributed by atoms with van der Waals surface area (Å²) in [7, 11) is 0. The van der Waals surface area contributed by atoms with Crippen molar-refractivity contribution < 1.29 is 4.39 Å². The van der Waals surface area contributed by atoms with Crippen molar-refractivity contribution >= 4 is 50.3 Å². The van der Waals surface area contributed by atoms with Crippen LogP contribution < -0.4 is 0 Å². The van der Waals surface area contributed by atoms with Crippen LogP contribution in [0.4, 0.5) is 4.39 Å². The van der Waals surface area contributed by atoms with E-state index in [0.29, 0.717) is 27.6 Å². The molecule has 3 rings (SSSR count). The second-order valence-electron chi connectivity index (χ2n) is 3.84. The third kappa shape index (κ3) is 2.33. The normalized spacial score (nSPS) is 11.2. The predicted molar refractivity (Wildman–Crippen MR) is 77.0 cm³/mol. The molecule has 1 aromatic carbocycles. The average Bonchev–Trinajstić information content (AvgIpc) is 2.75. The smallest absolute Gasteiger partial charge is 0.179 e. The molecule has 0 amide bonds. The third-order valence-corrected chi connectivity index (χ3v) is 3.73. The lowest BCUT2D eigenvalue weighted by molar-refractivity contribution is 0.630. The van der Waals surface area contributed by atoms with E-state index in [0.717, 1.165) is 4.47 Å². The molecule has 0 saturated heterocycles. The van der Waals surface area contributed by atoms with Crippen LogP contribution in [0.15, 0.2) is 28.7 Å². The second kappa shape index (κ2) is 4.74. The van der Waals surface area contributed by atoms with Gasteiger partial charge in [-0.3, -0.25) is 0 Å². The molecule has 0 fully saturated rings. The molecule has 0 bridgehead atoms. The number of nitrogens with zero attached hydrogens (tertiary/aromatic N) is 2. The van der Waals surface area contributed by atoms with Crippen LogP contribution in [0.1, 0.15) is 0 Å². The van der Waals surface area contributed by atoms with Gasteiger partial charge in [0.15, 0.2) is 5.65 Å². The highest BCUT2D eigenvalue weighted by atomic mass is 79.9. The summed E-state index contributed by atoms with van der Waals surface area (Å²) >= 11 is 15.0. The number of hydrogen-bond acceptors (Lipinski definition) is 2. The van der Waals surface area contributed by atoms with Gasteiger partial charge in [-0.05, 0) is 24.3 Å². The SMILES string of the molecule is Fc1ccc(Br)cc1-c1nc2nc(Cl)c(Cl)cc2[nH]1. The van der Waals surface area contributed by atoms with Crippen molar-refractivity contribution in [2.45, 2.75) is 0 Å². The number of fused-ring (bicyclic) bond motifs is 1. The molecule has 0 radical (unpaired) electrons. The Morgan fingerprint density at radius 3 is 2.74 bits per heavy atom. The first-order valence-electron chi connectivity index (χ1n) is 5.22. The summed E-state index contributed by atoms with van der Waals surface area (Å²) in [6, 6.07) is 6.22. The summed E-state index contributed by atoms with van der Waals surface area (Å²) in [4.78, 5) is 11.2. The summed E-state index contributed by atoms with van der Waals surface area (Å²) in [5.74, 6) is -0.000849. The van der Waals surface area contributed by atoms with Gasteiger partial charge in [0.25, 0.3) is 0 Å². The maximum Gasteiger partial charge on any atom is 0.179 e. The van der Waals surface area contributed by atoms with Crippen LogP contribution in [0.2, 0.25) is 10.2 Å². The molecule has 96 valence electrons. The number of halogens is 4. The third-order valence-electron chi connectivity index (χ3n) is 2.57. The number of benzene rings is 1. The van der Waals surface area contributed by atoms with Crippen LogP contribution >= 0.6 is 39.1 Å². The number of pyridine rings is 1. The fraction of sp³-hybridized carbons (Fsp3) is 0. The zero-order chi connectivity index (χ0) is 13.6. The van der Waals surface area contributed by atoms with Crippen molar-refractivity contribution in [2.75, 3.05) is 0 Å². The first-order valence-corrected chi connectivity index (χ1v) is 6.76. The number of rotatable bonds is 1. The molecule has 2 heterocycles. The van der Waals surface area contributed by atoms with E-state index in [-0.39, 0.29) is 11.0 Å². The zero-order valence-electron chi connectivity index (χ0n) is 9.22. The highest BCUT2D eigenvalue weighted by Crippen LogP contribution is 2.28. The zero-order valence-corrected chi connectivity index (χ0v) is 12.3. The van der Waals surface area contributed by atoms with Gasteiger partial charge in [0, 0.05) is 4.47 Å². The first kappa shape index (κ1) is 12.8. The van der Waals surface area contributed by atoms with Crippen molar-refractivity contribution in [1.82, 2.24) is 15.0 Å². The molecule has 0 aliphatic rings.